The van der Waals surface area contributed by atoms with Crippen molar-refractivity contribution in [3.8, 4) is 0 Å². The minimum absolute atomic E-state index is 0.0466. The molecule has 0 amide bonds. The number of hydrogen-bond acceptors (Lipinski definition) is 6. The SMILES string of the molecule is CC1(C)O[C@H]2O[C@@H](COC(=O)c3ccccc3)[C@@H](O)[C@H]2O1. The van der Waals surface area contributed by atoms with Gasteiger partial charge in [0, 0.05) is 0 Å². The summed E-state index contributed by atoms with van der Waals surface area (Å²) in [6, 6.07) is 8.66. The summed E-state index contributed by atoms with van der Waals surface area (Å²) in [5.41, 5.74) is 0.457. The van der Waals surface area contributed by atoms with Crippen LogP contribution in [0.2, 0.25) is 0 Å². The smallest absolute Gasteiger partial charge is 0.338 e. The third-order valence-electron chi connectivity index (χ3n) is 3.50. The lowest BCUT2D eigenvalue weighted by molar-refractivity contribution is -0.218. The fourth-order valence-electron chi connectivity index (χ4n) is 2.51. The van der Waals surface area contributed by atoms with Crippen LogP contribution in [0.1, 0.15) is 24.2 Å². The Morgan fingerprint density at radius 3 is 2.67 bits per heavy atom. The van der Waals surface area contributed by atoms with Crippen LogP contribution in [-0.2, 0) is 18.9 Å². The van der Waals surface area contributed by atoms with Gasteiger partial charge in [0.15, 0.2) is 12.1 Å². The van der Waals surface area contributed by atoms with Gasteiger partial charge in [-0.25, -0.2) is 4.79 Å². The molecule has 0 aromatic heterocycles. The largest absolute Gasteiger partial charge is 0.459 e. The second-order valence-electron chi connectivity index (χ2n) is 5.60. The summed E-state index contributed by atoms with van der Waals surface area (Å²) < 4.78 is 21.8. The van der Waals surface area contributed by atoms with Crippen LogP contribution in [0.15, 0.2) is 30.3 Å². The number of esters is 1. The molecule has 6 heteroatoms. The highest BCUT2D eigenvalue weighted by Gasteiger charge is 2.54. The van der Waals surface area contributed by atoms with Crippen molar-refractivity contribution < 1.29 is 28.8 Å². The summed E-state index contributed by atoms with van der Waals surface area (Å²) in [4.78, 5) is 11.8. The van der Waals surface area contributed by atoms with E-state index in [0.29, 0.717) is 5.56 Å². The maximum absolute atomic E-state index is 11.8. The van der Waals surface area contributed by atoms with Crippen LogP contribution in [-0.4, -0.2) is 48.1 Å². The minimum Gasteiger partial charge on any atom is -0.459 e. The lowest BCUT2D eigenvalue weighted by Gasteiger charge is -2.22. The molecule has 2 heterocycles. The molecule has 21 heavy (non-hydrogen) atoms. The van der Waals surface area contributed by atoms with Crippen molar-refractivity contribution in [2.45, 2.75) is 44.2 Å². The lowest BCUT2D eigenvalue weighted by Crippen LogP contribution is -2.37. The van der Waals surface area contributed by atoms with E-state index in [2.05, 4.69) is 0 Å². The molecule has 1 aromatic carbocycles. The van der Waals surface area contributed by atoms with E-state index in [4.69, 9.17) is 18.9 Å². The van der Waals surface area contributed by atoms with Gasteiger partial charge in [0.25, 0.3) is 0 Å². The molecule has 114 valence electrons. The number of hydrogen-bond donors (Lipinski definition) is 1. The quantitative estimate of drug-likeness (QED) is 0.841. The van der Waals surface area contributed by atoms with E-state index >= 15 is 0 Å². The van der Waals surface area contributed by atoms with E-state index < -0.39 is 36.4 Å². The molecule has 3 rings (SSSR count). The Labute approximate surface area is 122 Å². The Balaban J connectivity index is 1.55. The number of ether oxygens (including phenoxy) is 4. The minimum atomic E-state index is -0.889. The molecule has 0 bridgehead atoms. The van der Waals surface area contributed by atoms with Gasteiger partial charge >= 0.3 is 5.97 Å². The normalized spacial score (nSPS) is 33.7. The molecular formula is C15H18O6. The zero-order valence-corrected chi connectivity index (χ0v) is 11.9. The summed E-state index contributed by atoms with van der Waals surface area (Å²) in [5, 5.41) is 10.2. The van der Waals surface area contributed by atoms with Crippen LogP contribution in [0, 0.1) is 0 Å². The first-order chi connectivity index (χ1) is 9.96. The average molecular weight is 294 g/mol. The second-order valence-corrected chi connectivity index (χ2v) is 5.60. The third-order valence-corrected chi connectivity index (χ3v) is 3.50. The van der Waals surface area contributed by atoms with E-state index in [1.54, 1.807) is 38.1 Å². The predicted molar refractivity (Wildman–Crippen MR) is 71.4 cm³/mol. The zero-order chi connectivity index (χ0) is 15.0. The fraction of sp³-hybridized carbons (Fsp3) is 0.533. The molecule has 0 unspecified atom stereocenters. The molecule has 0 aliphatic carbocycles. The number of carbonyl (C=O) groups is 1. The predicted octanol–water partition coefficient (Wildman–Crippen LogP) is 1.08. The maximum atomic E-state index is 11.8. The molecule has 0 radical (unpaired) electrons. The highest BCUT2D eigenvalue weighted by Crippen LogP contribution is 2.37. The third kappa shape index (κ3) is 2.94. The van der Waals surface area contributed by atoms with Gasteiger partial charge in [0.2, 0.25) is 0 Å². The molecule has 1 N–H and O–H groups in total. The van der Waals surface area contributed by atoms with Crippen LogP contribution in [0.5, 0.6) is 0 Å². The first-order valence-electron chi connectivity index (χ1n) is 6.88. The number of carbonyl (C=O) groups excluding carboxylic acids is 1. The van der Waals surface area contributed by atoms with Crippen molar-refractivity contribution in [2.75, 3.05) is 6.61 Å². The highest BCUT2D eigenvalue weighted by molar-refractivity contribution is 5.89. The number of aliphatic hydroxyl groups is 1. The van der Waals surface area contributed by atoms with Crippen LogP contribution in [0.4, 0.5) is 0 Å². The van der Waals surface area contributed by atoms with Crippen LogP contribution in [0.3, 0.4) is 0 Å². The molecule has 2 fully saturated rings. The molecular weight excluding hydrogens is 276 g/mol. The Kier molecular flexibility index (Phi) is 3.71. The molecule has 0 saturated carbocycles. The fourth-order valence-corrected chi connectivity index (χ4v) is 2.51. The number of aliphatic hydroxyl groups excluding tert-OH is 1. The van der Waals surface area contributed by atoms with Crippen molar-refractivity contribution in [1.29, 1.82) is 0 Å². The standard InChI is InChI=1S/C15H18O6/c1-15(2)20-12-11(16)10(19-14(12)21-15)8-18-13(17)9-6-4-3-5-7-9/h3-7,10-12,14,16H,8H2,1-2H3/t10-,11+,12+,14+/m0/s1. The van der Waals surface area contributed by atoms with E-state index in [0.717, 1.165) is 0 Å². The van der Waals surface area contributed by atoms with Gasteiger partial charge in [-0.15, -0.1) is 0 Å². The van der Waals surface area contributed by atoms with Gasteiger partial charge in [0.05, 0.1) is 5.56 Å². The zero-order valence-electron chi connectivity index (χ0n) is 11.9. The van der Waals surface area contributed by atoms with Crippen molar-refractivity contribution in [1.82, 2.24) is 0 Å². The number of rotatable bonds is 3. The van der Waals surface area contributed by atoms with Crippen LogP contribution >= 0.6 is 0 Å². The molecule has 6 nitrogen and oxygen atoms in total. The summed E-state index contributed by atoms with van der Waals surface area (Å²) in [7, 11) is 0. The van der Waals surface area contributed by atoms with E-state index in [1.165, 1.54) is 0 Å². The number of fused-ring (bicyclic) bond motifs is 1. The molecule has 4 atom stereocenters. The molecule has 2 saturated heterocycles. The first kappa shape index (κ1) is 14.5. The van der Waals surface area contributed by atoms with Gasteiger partial charge in [-0.05, 0) is 26.0 Å². The molecule has 2 aliphatic heterocycles. The Hall–Kier alpha value is -1.47. The first-order valence-corrected chi connectivity index (χ1v) is 6.88. The van der Waals surface area contributed by atoms with Crippen molar-refractivity contribution in [3.63, 3.8) is 0 Å². The topological polar surface area (TPSA) is 74.2 Å². The number of benzene rings is 1. The van der Waals surface area contributed by atoms with Crippen molar-refractivity contribution >= 4 is 5.97 Å². The Bertz CT molecular complexity index is 514. The summed E-state index contributed by atoms with van der Waals surface area (Å²) in [6.07, 6.45) is -2.72. The Morgan fingerprint density at radius 1 is 1.29 bits per heavy atom. The van der Waals surface area contributed by atoms with E-state index in [-0.39, 0.29) is 6.61 Å². The summed E-state index contributed by atoms with van der Waals surface area (Å²) in [6.45, 7) is 3.46. The maximum Gasteiger partial charge on any atom is 0.338 e. The van der Waals surface area contributed by atoms with Gasteiger partial charge in [-0.2, -0.15) is 0 Å². The van der Waals surface area contributed by atoms with E-state index in [9.17, 15) is 9.90 Å². The van der Waals surface area contributed by atoms with Crippen LogP contribution < -0.4 is 0 Å². The second kappa shape index (κ2) is 5.38. The summed E-state index contributed by atoms with van der Waals surface area (Å²) in [5.74, 6) is -1.23. The Morgan fingerprint density at radius 2 is 2.00 bits per heavy atom. The van der Waals surface area contributed by atoms with Crippen LogP contribution in [0.25, 0.3) is 0 Å². The van der Waals surface area contributed by atoms with E-state index in [1.807, 2.05) is 6.07 Å². The lowest BCUT2D eigenvalue weighted by atomic mass is 10.1. The monoisotopic (exact) mass is 294 g/mol. The summed E-state index contributed by atoms with van der Waals surface area (Å²) >= 11 is 0. The van der Waals surface area contributed by atoms with Gasteiger partial charge in [0.1, 0.15) is 24.9 Å². The van der Waals surface area contributed by atoms with Crippen molar-refractivity contribution in [2.24, 2.45) is 0 Å². The van der Waals surface area contributed by atoms with Gasteiger partial charge in [-0.1, -0.05) is 18.2 Å². The highest BCUT2D eigenvalue weighted by atomic mass is 16.8. The average Bonchev–Trinajstić information content (AvgIpc) is 2.91. The molecule has 1 aromatic rings. The molecule has 0 spiro atoms. The van der Waals surface area contributed by atoms with Gasteiger partial charge < -0.3 is 24.1 Å². The van der Waals surface area contributed by atoms with Crippen molar-refractivity contribution in [3.05, 3.63) is 35.9 Å². The van der Waals surface area contributed by atoms with Gasteiger partial charge in [-0.3, -0.25) is 0 Å². The molecule has 2 aliphatic rings.